The molecule has 0 aromatic heterocycles. The highest BCUT2D eigenvalue weighted by Gasteiger charge is 2.26. The lowest BCUT2D eigenvalue weighted by atomic mass is 9.81. The molecule has 0 saturated heterocycles. The van der Waals surface area contributed by atoms with Gasteiger partial charge in [-0.2, -0.15) is 0 Å². The normalized spacial score (nSPS) is 14.3. The van der Waals surface area contributed by atoms with Gasteiger partial charge in [0.15, 0.2) is 5.78 Å². The fraction of sp³-hybridized carbons (Fsp3) is 0.522. The summed E-state index contributed by atoms with van der Waals surface area (Å²) in [5.74, 6) is 1.11. The van der Waals surface area contributed by atoms with Gasteiger partial charge in [-0.1, -0.05) is 59.2 Å². The number of carbonyl (C=O) groups is 1. The van der Waals surface area contributed by atoms with Crippen molar-refractivity contribution < 1.29 is 9.53 Å². The van der Waals surface area contributed by atoms with Gasteiger partial charge >= 0.3 is 0 Å². The van der Waals surface area contributed by atoms with Crippen molar-refractivity contribution in [3.05, 3.63) is 42.0 Å². The zero-order valence-electron chi connectivity index (χ0n) is 16.6. The Labute approximate surface area is 152 Å². The van der Waals surface area contributed by atoms with E-state index in [0.29, 0.717) is 0 Å². The zero-order valence-corrected chi connectivity index (χ0v) is 16.6. The van der Waals surface area contributed by atoms with Crippen molar-refractivity contribution in [2.45, 2.75) is 72.8 Å². The van der Waals surface area contributed by atoms with Crippen molar-refractivity contribution in [3.63, 3.8) is 0 Å². The molecule has 2 nitrogen and oxygen atoms in total. The van der Waals surface area contributed by atoms with Crippen LogP contribution in [0.15, 0.2) is 36.4 Å². The molecule has 0 heterocycles. The molecule has 0 amide bonds. The maximum atomic E-state index is 12.7. The van der Waals surface area contributed by atoms with Crippen LogP contribution in [0.3, 0.4) is 0 Å². The molecular weight excluding hydrogens is 308 g/mol. The van der Waals surface area contributed by atoms with E-state index in [4.69, 9.17) is 4.74 Å². The molecule has 0 spiro atoms. The third-order valence-corrected chi connectivity index (χ3v) is 5.46. The minimum absolute atomic E-state index is 0.122. The Morgan fingerprint density at radius 2 is 1.56 bits per heavy atom. The Balaban J connectivity index is 2.31. The average molecular weight is 341 g/mol. The molecule has 0 radical (unpaired) electrons. The van der Waals surface area contributed by atoms with E-state index in [9.17, 15) is 4.79 Å². The topological polar surface area (TPSA) is 26.3 Å². The monoisotopic (exact) mass is 340 g/mol. The lowest BCUT2D eigenvalue weighted by molar-refractivity contribution is 0.0743. The first kappa shape index (κ1) is 19.5. The van der Waals surface area contributed by atoms with Crippen molar-refractivity contribution >= 4 is 16.6 Å². The summed E-state index contributed by atoms with van der Waals surface area (Å²) in [7, 11) is 0. The number of carbonyl (C=O) groups excluding carboxylic acids is 1. The first-order valence-corrected chi connectivity index (χ1v) is 9.52. The van der Waals surface area contributed by atoms with Crippen LogP contribution in [0.25, 0.3) is 10.8 Å². The number of benzene rings is 2. The van der Waals surface area contributed by atoms with Gasteiger partial charge in [-0.15, -0.1) is 0 Å². The van der Waals surface area contributed by atoms with E-state index >= 15 is 0 Å². The maximum absolute atomic E-state index is 12.7. The molecule has 2 heteroatoms. The predicted octanol–water partition coefficient (Wildman–Crippen LogP) is 6.81. The van der Waals surface area contributed by atoms with E-state index in [1.807, 2.05) is 38.1 Å². The molecule has 136 valence electrons. The van der Waals surface area contributed by atoms with Gasteiger partial charge in [-0.05, 0) is 55.2 Å². The summed E-state index contributed by atoms with van der Waals surface area (Å²) in [5, 5.41) is 2.19. The number of fused-ring (bicyclic) bond motifs is 1. The molecule has 0 aliphatic rings. The molecular formula is C23H32O2. The summed E-state index contributed by atoms with van der Waals surface area (Å²) < 4.78 is 6.28. The van der Waals surface area contributed by atoms with E-state index in [-0.39, 0.29) is 16.8 Å². The van der Waals surface area contributed by atoms with Crippen LogP contribution in [0.4, 0.5) is 0 Å². The molecule has 2 aromatic carbocycles. The minimum atomic E-state index is -0.320. The number of hydrogen-bond acceptors (Lipinski definition) is 2. The van der Waals surface area contributed by atoms with E-state index in [2.05, 4.69) is 39.8 Å². The summed E-state index contributed by atoms with van der Waals surface area (Å²) in [6.45, 7) is 12.6. The van der Waals surface area contributed by atoms with E-state index in [0.717, 1.165) is 47.8 Å². The highest BCUT2D eigenvalue weighted by molar-refractivity contribution is 6.03. The van der Waals surface area contributed by atoms with Crippen LogP contribution >= 0.6 is 0 Å². The Morgan fingerprint density at radius 3 is 2.16 bits per heavy atom. The maximum Gasteiger partial charge on any atom is 0.168 e. The summed E-state index contributed by atoms with van der Waals surface area (Å²) in [4.78, 5) is 12.7. The standard InChI is InChI=1S/C23H32O2/c1-7-14-23(6,9-3)25-20-13-12-17-15-19(11-10-18(17)16-20)21(24)22(4,5)8-2/h10-13,15-16H,7-9,14H2,1-6H3. The molecule has 0 aliphatic heterocycles. The summed E-state index contributed by atoms with van der Waals surface area (Å²) in [6.07, 6.45) is 3.97. The average Bonchev–Trinajstić information content (AvgIpc) is 2.60. The van der Waals surface area contributed by atoms with Gasteiger partial charge in [0, 0.05) is 11.0 Å². The SMILES string of the molecule is CCCC(C)(CC)Oc1ccc2cc(C(=O)C(C)(C)CC)ccc2c1. The van der Waals surface area contributed by atoms with Crippen LogP contribution in [0.1, 0.15) is 77.6 Å². The highest BCUT2D eigenvalue weighted by Crippen LogP contribution is 2.31. The van der Waals surface area contributed by atoms with Gasteiger partial charge in [-0.3, -0.25) is 4.79 Å². The lowest BCUT2D eigenvalue weighted by Gasteiger charge is -2.29. The minimum Gasteiger partial charge on any atom is -0.488 e. The molecule has 1 unspecified atom stereocenters. The van der Waals surface area contributed by atoms with E-state index in [1.165, 1.54) is 0 Å². The molecule has 0 saturated carbocycles. The Morgan fingerprint density at radius 1 is 0.920 bits per heavy atom. The van der Waals surface area contributed by atoms with Crippen molar-refractivity contribution in [2.75, 3.05) is 0 Å². The Hall–Kier alpha value is -1.83. The number of rotatable bonds is 8. The molecule has 0 bridgehead atoms. The number of hydrogen-bond donors (Lipinski definition) is 0. The van der Waals surface area contributed by atoms with E-state index < -0.39 is 0 Å². The largest absolute Gasteiger partial charge is 0.488 e. The van der Waals surface area contributed by atoms with Crippen molar-refractivity contribution in [2.24, 2.45) is 5.41 Å². The van der Waals surface area contributed by atoms with Crippen LogP contribution in [0, 0.1) is 5.41 Å². The fourth-order valence-electron chi connectivity index (χ4n) is 3.09. The summed E-state index contributed by atoms with van der Waals surface area (Å²) in [6, 6.07) is 12.1. The molecule has 0 fully saturated rings. The van der Waals surface area contributed by atoms with Crippen LogP contribution in [-0.2, 0) is 0 Å². The highest BCUT2D eigenvalue weighted by atomic mass is 16.5. The second kappa shape index (κ2) is 7.59. The molecule has 25 heavy (non-hydrogen) atoms. The molecule has 0 aliphatic carbocycles. The predicted molar refractivity (Wildman–Crippen MR) is 107 cm³/mol. The van der Waals surface area contributed by atoms with Gasteiger partial charge in [0.2, 0.25) is 0 Å². The second-order valence-corrected chi connectivity index (χ2v) is 7.95. The van der Waals surface area contributed by atoms with Gasteiger partial charge in [0.1, 0.15) is 11.4 Å². The molecule has 2 rings (SSSR count). The van der Waals surface area contributed by atoms with Crippen LogP contribution in [0.5, 0.6) is 5.75 Å². The Kier molecular flexibility index (Phi) is 5.92. The van der Waals surface area contributed by atoms with Crippen molar-refractivity contribution in [1.29, 1.82) is 0 Å². The molecule has 0 N–H and O–H groups in total. The smallest absolute Gasteiger partial charge is 0.168 e. The second-order valence-electron chi connectivity index (χ2n) is 7.95. The quantitative estimate of drug-likeness (QED) is 0.494. The van der Waals surface area contributed by atoms with Crippen molar-refractivity contribution in [1.82, 2.24) is 0 Å². The lowest BCUT2D eigenvalue weighted by Crippen LogP contribution is -2.31. The molecule has 2 aromatic rings. The van der Waals surface area contributed by atoms with Crippen LogP contribution in [-0.4, -0.2) is 11.4 Å². The number of ether oxygens (including phenoxy) is 1. The fourth-order valence-corrected chi connectivity index (χ4v) is 3.09. The summed E-state index contributed by atoms with van der Waals surface area (Å²) >= 11 is 0. The first-order chi connectivity index (χ1) is 11.7. The van der Waals surface area contributed by atoms with E-state index in [1.54, 1.807) is 0 Å². The summed E-state index contributed by atoms with van der Waals surface area (Å²) in [5.41, 5.74) is 0.348. The van der Waals surface area contributed by atoms with Crippen LogP contribution in [0.2, 0.25) is 0 Å². The Bertz CT molecular complexity index is 745. The molecule has 1 atom stereocenters. The van der Waals surface area contributed by atoms with Crippen LogP contribution < -0.4 is 4.74 Å². The van der Waals surface area contributed by atoms with Gasteiger partial charge < -0.3 is 4.74 Å². The third kappa shape index (κ3) is 4.42. The third-order valence-electron chi connectivity index (χ3n) is 5.46. The number of ketones is 1. The zero-order chi connectivity index (χ0) is 18.7. The van der Waals surface area contributed by atoms with Gasteiger partial charge in [0.25, 0.3) is 0 Å². The first-order valence-electron chi connectivity index (χ1n) is 9.52. The van der Waals surface area contributed by atoms with Gasteiger partial charge in [-0.25, -0.2) is 0 Å². The van der Waals surface area contributed by atoms with Crippen molar-refractivity contribution in [3.8, 4) is 5.75 Å². The number of Topliss-reactive ketones (excluding diaryl/α,β-unsaturated/α-hetero) is 1. The van der Waals surface area contributed by atoms with Gasteiger partial charge in [0.05, 0.1) is 0 Å².